The molecule has 4 saturated carbocycles. The lowest BCUT2D eigenvalue weighted by atomic mass is 9.49. The quantitative estimate of drug-likeness (QED) is 0.697. The second-order valence-corrected chi connectivity index (χ2v) is 11.0. The number of anilines is 1. The van der Waals surface area contributed by atoms with Gasteiger partial charge in [-0.1, -0.05) is 11.8 Å². The summed E-state index contributed by atoms with van der Waals surface area (Å²) in [6.07, 6.45) is 9.45. The molecule has 2 aromatic rings. The van der Waals surface area contributed by atoms with Crippen LogP contribution in [0, 0.1) is 34.5 Å². The summed E-state index contributed by atoms with van der Waals surface area (Å²) in [5.41, 5.74) is 0.937. The molecular formula is C21H25N5OS2. The fourth-order valence-corrected chi connectivity index (χ4v) is 7.74. The van der Waals surface area contributed by atoms with Crippen molar-refractivity contribution >= 4 is 34.0 Å². The van der Waals surface area contributed by atoms with E-state index < -0.39 is 0 Å². The number of carbonyl (C=O) groups excluding carboxylic acids is 1. The fraction of sp³-hybridized carbons (Fsp3) is 0.619. The smallest absolute Gasteiger partial charge is 0.235 e. The minimum absolute atomic E-state index is 0.125. The van der Waals surface area contributed by atoms with Gasteiger partial charge in [0.1, 0.15) is 16.9 Å². The molecule has 152 valence electrons. The van der Waals surface area contributed by atoms with E-state index >= 15 is 0 Å². The molecule has 29 heavy (non-hydrogen) atoms. The van der Waals surface area contributed by atoms with E-state index in [0.29, 0.717) is 16.0 Å². The number of nitriles is 1. The van der Waals surface area contributed by atoms with Crippen molar-refractivity contribution in [3.63, 3.8) is 0 Å². The topological polar surface area (TPSA) is 83.6 Å². The van der Waals surface area contributed by atoms with Gasteiger partial charge in [-0.15, -0.1) is 21.5 Å². The first kappa shape index (κ1) is 19.1. The summed E-state index contributed by atoms with van der Waals surface area (Å²) in [5.74, 6) is 3.98. The maximum Gasteiger partial charge on any atom is 0.235 e. The molecule has 2 aromatic heterocycles. The number of amides is 1. The van der Waals surface area contributed by atoms with Gasteiger partial charge in [0.2, 0.25) is 5.91 Å². The first-order valence-electron chi connectivity index (χ1n) is 10.3. The molecular weight excluding hydrogens is 402 g/mol. The molecule has 4 fully saturated rings. The van der Waals surface area contributed by atoms with Gasteiger partial charge in [-0.3, -0.25) is 4.79 Å². The third-order valence-corrected chi connectivity index (χ3v) is 8.84. The summed E-state index contributed by atoms with van der Waals surface area (Å²) in [4.78, 5) is 12.3. The van der Waals surface area contributed by atoms with Crippen LogP contribution in [0.25, 0.3) is 0 Å². The lowest BCUT2D eigenvalue weighted by molar-refractivity contribution is -0.113. The molecule has 0 aromatic carbocycles. The highest BCUT2D eigenvalue weighted by molar-refractivity contribution is 7.99. The highest BCUT2D eigenvalue weighted by atomic mass is 32.2. The highest BCUT2D eigenvalue weighted by Crippen LogP contribution is 2.60. The Morgan fingerprint density at radius 3 is 2.66 bits per heavy atom. The van der Waals surface area contributed by atoms with Crippen molar-refractivity contribution in [3.05, 3.63) is 22.8 Å². The standard InChI is InChI=1S/C21H25N5OS2/c1-26-17(10-21-7-13-4-14(8-21)6-15(5-13)9-21)24-25-20(26)29-12-18(27)23-19-16(11-22)2-3-28-19/h2-3,13-15H,4-10,12H2,1H3,(H,23,27). The van der Waals surface area contributed by atoms with E-state index in [1.165, 1.54) is 61.6 Å². The zero-order valence-corrected chi connectivity index (χ0v) is 18.2. The number of nitrogens with zero attached hydrogens (tertiary/aromatic N) is 4. The van der Waals surface area contributed by atoms with Gasteiger partial charge in [0.25, 0.3) is 0 Å². The summed E-state index contributed by atoms with van der Waals surface area (Å²) >= 11 is 2.77. The first-order valence-corrected chi connectivity index (χ1v) is 12.2. The van der Waals surface area contributed by atoms with Gasteiger partial charge >= 0.3 is 0 Å². The summed E-state index contributed by atoms with van der Waals surface area (Å²) < 4.78 is 2.07. The van der Waals surface area contributed by atoms with Crippen LogP contribution in [0.1, 0.15) is 49.9 Å². The van der Waals surface area contributed by atoms with E-state index in [1.807, 2.05) is 7.05 Å². The molecule has 1 N–H and O–H groups in total. The monoisotopic (exact) mass is 427 g/mol. The normalized spacial score (nSPS) is 29.7. The Hall–Kier alpha value is -1.85. The predicted octanol–water partition coefficient (Wildman–Crippen LogP) is 4.24. The van der Waals surface area contributed by atoms with Crippen LogP contribution >= 0.6 is 23.1 Å². The molecule has 8 heteroatoms. The van der Waals surface area contributed by atoms with Gasteiger partial charge in [0, 0.05) is 13.5 Å². The molecule has 6 nitrogen and oxygen atoms in total. The van der Waals surface area contributed by atoms with Crippen LogP contribution in [-0.4, -0.2) is 26.4 Å². The van der Waals surface area contributed by atoms with E-state index in [0.717, 1.165) is 35.2 Å². The van der Waals surface area contributed by atoms with Gasteiger partial charge in [-0.25, -0.2) is 0 Å². The molecule has 4 aliphatic rings. The van der Waals surface area contributed by atoms with Gasteiger partial charge in [-0.05, 0) is 73.1 Å². The average Bonchev–Trinajstić information content (AvgIpc) is 3.25. The van der Waals surface area contributed by atoms with Crippen LogP contribution in [0.15, 0.2) is 16.6 Å². The molecule has 0 radical (unpaired) electrons. The highest BCUT2D eigenvalue weighted by Gasteiger charge is 2.51. The third-order valence-electron chi connectivity index (χ3n) is 6.99. The maximum absolute atomic E-state index is 12.3. The molecule has 6 rings (SSSR count). The van der Waals surface area contributed by atoms with Gasteiger partial charge in [0.15, 0.2) is 5.16 Å². The number of thiophene rings is 1. The molecule has 0 spiro atoms. The molecule has 0 aliphatic heterocycles. The molecule has 0 unspecified atom stereocenters. The second-order valence-electron chi connectivity index (χ2n) is 9.16. The second kappa shape index (κ2) is 7.44. The van der Waals surface area contributed by atoms with Crippen molar-refractivity contribution in [2.45, 2.75) is 50.1 Å². The van der Waals surface area contributed by atoms with Crippen molar-refractivity contribution in [2.75, 3.05) is 11.1 Å². The molecule has 2 heterocycles. The molecule has 0 atom stereocenters. The van der Waals surface area contributed by atoms with Crippen LogP contribution in [0.5, 0.6) is 0 Å². The summed E-state index contributed by atoms with van der Waals surface area (Å²) in [6, 6.07) is 3.81. The zero-order chi connectivity index (χ0) is 20.0. The fourth-order valence-electron chi connectivity index (χ4n) is 6.25. The zero-order valence-electron chi connectivity index (χ0n) is 16.6. The number of thioether (sulfide) groups is 1. The van der Waals surface area contributed by atoms with Crippen molar-refractivity contribution < 1.29 is 4.79 Å². The lowest BCUT2D eigenvalue weighted by Crippen LogP contribution is -2.47. The summed E-state index contributed by atoms with van der Waals surface area (Å²) in [7, 11) is 2.02. The van der Waals surface area contributed by atoms with E-state index in [1.54, 1.807) is 11.4 Å². The largest absolute Gasteiger partial charge is 0.316 e. The maximum atomic E-state index is 12.3. The minimum Gasteiger partial charge on any atom is -0.316 e. The summed E-state index contributed by atoms with van der Waals surface area (Å²) in [6.45, 7) is 0. The molecule has 4 aliphatic carbocycles. The van der Waals surface area contributed by atoms with Gasteiger partial charge < -0.3 is 9.88 Å². The Morgan fingerprint density at radius 1 is 1.31 bits per heavy atom. The van der Waals surface area contributed by atoms with Gasteiger partial charge in [-0.2, -0.15) is 5.26 Å². The Bertz CT molecular complexity index is 937. The van der Waals surface area contributed by atoms with Crippen molar-refractivity contribution in [3.8, 4) is 6.07 Å². The number of carbonyl (C=O) groups is 1. The van der Waals surface area contributed by atoms with Crippen LogP contribution < -0.4 is 5.32 Å². The Balaban J connectivity index is 1.21. The number of aromatic nitrogens is 3. The van der Waals surface area contributed by atoms with Gasteiger partial charge in [0.05, 0.1) is 11.3 Å². The van der Waals surface area contributed by atoms with Crippen molar-refractivity contribution in [2.24, 2.45) is 30.2 Å². The predicted molar refractivity (Wildman–Crippen MR) is 114 cm³/mol. The molecule has 4 bridgehead atoms. The number of hydrogen-bond donors (Lipinski definition) is 1. The van der Waals surface area contributed by atoms with Crippen LogP contribution in [-0.2, 0) is 18.3 Å². The Labute approximate surface area is 179 Å². The minimum atomic E-state index is -0.125. The Kier molecular flexibility index (Phi) is 4.91. The van der Waals surface area contributed by atoms with E-state index in [4.69, 9.17) is 5.26 Å². The molecule has 0 saturated heterocycles. The van der Waals surface area contributed by atoms with E-state index in [-0.39, 0.29) is 11.7 Å². The first-order chi connectivity index (χ1) is 14.0. The SMILES string of the molecule is Cn1c(CC23CC4CC(CC(C4)C2)C3)nnc1SCC(=O)Nc1sccc1C#N. The van der Waals surface area contributed by atoms with Crippen LogP contribution in [0.2, 0.25) is 0 Å². The third kappa shape index (κ3) is 3.71. The van der Waals surface area contributed by atoms with E-state index in [9.17, 15) is 4.79 Å². The molecule has 1 amide bonds. The van der Waals surface area contributed by atoms with Crippen molar-refractivity contribution in [1.29, 1.82) is 5.26 Å². The average molecular weight is 428 g/mol. The Morgan fingerprint density at radius 2 is 2.00 bits per heavy atom. The van der Waals surface area contributed by atoms with Crippen LogP contribution in [0.4, 0.5) is 5.00 Å². The lowest BCUT2D eigenvalue weighted by Gasteiger charge is -2.56. The number of hydrogen-bond acceptors (Lipinski definition) is 6. The van der Waals surface area contributed by atoms with Crippen molar-refractivity contribution in [1.82, 2.24) is 14.8 Å². The summed E-state index contributed by atoms with van der Waals surface area (Å²) in [5, 5.41) is 23.9. The number of nitrogens with one attached hydrogen (secondary N) is 1. The van der Waals surface area contributed by atoms with Crippen LogP contribution in [0.3, 0.4) is 0 Å². The number of rotatable bonds is 6. The van der Waals surface area contributed by atoms with E-state index in [2.05, 4.69) is 26.2 Å².